The van der Waals surface area contributed by atoms with Crippen LogP contribution in [0.5, 0.6) is 0 Å². The van der Waals surface area contributed by atoms with Crippen LogP contribution >= 0.6 is 11.3 Å². The Morgan fingerprint density at radius 2 is 1.53 bits per heavy atom. The molecule has 0 saturated carbocycles. The Morgan fingerprint density at radius 3 is 2.00 bits per heavy atom. The first kappa shape index (κ1) is 13.4. The molecule has 2 aromatic rings. The number of hydrogen-bond donors (Lipinski definition) is 1. The molecule has 0 atom stereocenters. The lowest BCUT2D eigenvalue weighted by Crippen LogP contribution is -2.19. The second-order valence-electron chi connectivity index (χ2n) is 3.24. The summed E-state index contributed by atoms with van der Waals surface area (Å²) in [6.07, 6.45) is 1.29. The minimum absolute atomic E-state index is 0.0334. The van der Waals surface area contributed by atoms with Crippen molar-refractivity contribution < 1.29 is 26.7 Å². The highest BCUT2D eigenvalue weighted by molar-refractivity contribution is 7.13. The molecule has 9 heteroatoms. The molecule has 0 radical (unpaired) electrons. The molecule has 1 amide bonds. The third kappa shape index (κ3) is 2.28. The van der Waals surface area contributed by atoms with Crippen molar-refractivity contribution in [1.82, 2.24) is 4.98 Å². The number of halogens is 5. The van der Waals surface area contributed by atoms with Crippen LogP contribution in [0.4, 0.5) is 27.1 Å². The van der Waals surface area contributed by atoms with Gasteiger partial charge in [-0.15, -0.1) is 11.3 Å². The van der Waals surface area contributed by atoms with Gasteiger partial charge in [-0.3, -0.25) is 10.1 Å². The van der Waals surface area contributed by atoms with E-state index < -0.39 is 40.6 Å². The highest BCUT2D eigenvalue weighted by Gasteiger charge is 2.29. The third-order valence-electron chi connectivity index (χ3n) is 2.09. The monoisotopic (exact) mass is 294 g/mol. The summed E-state index contributed by atoms with van der Waals surface area (Å²) in [6, 6.07) is 0. The molecule has 2 rings (SSSR count). The van der Waals surface area contributed by atoms with Crippen LogP contribution in [0.25, 0.3) is 0 Å². The van der Waals surface area contributed by atoms with Crippen molar-refractivity contribution in [1.29, 1.82) is 0 Å². The average Bonchev–Trinajstić information content (AvgIpc) is 2.87. The van der Waals surface area contributed by atoms with Crippen molar-refractivity contribution in [3.63, 3.8) is 0 Å². The number of anilines is 1. The predicted octanol–water partition coefficient (Wildman–Crippen LogP) is 3.09. The SMILES string of the molecule is O=C(Nc1nccs1)c1c(F)c(F)c(F)c(F)c1F. The quantitative estimate of drug-likeness (QED) is 0.525. The highest BCUT2D eigenvalue weighted by atomic mass is 32.1. The number of benzene rings is 1. The largest absolute Gasteiger partial charge is 0.298 e. The van der Waals surface area contributed by atoms with Crippen LogP contribution in [0.1, 0.15) is 10.4 Å². The minimum atomic E-state index is -2.32. The summed E-state index contributed by atoms with van der Waals surface area (Å²) in [7, 11) is 0. The smallest absolute Gasteiger partial charge is 0.263 e. The van der Waals surface area contributed by atoms with Gasteiger partial charge < -0.3 is 0 Å². The summed E-state index contributed by atoms with van der Waals surface area (Å²) in [5.74, 6) is -12.5. The summed E-state index contributed by atoms with van der Waals surface area (Å²) in [5, 5.41) is 3.35. The van der Waals surface area contributed by atoms with E-state index in [2.05, 4.69) is 4.98 Å². The van der Waals surface area contributed by atoms with E-state index in [1.807, 2.05) is 5.32 Å². The van der Waals surface area contributed by atoms with E-state index >= 15 is 0 Å². The molecule has 0 fully saturated rings. The number of carbonyl (C=O) groups is 1. The number of carbonyl (C=O) groups excluding carboxylic acids is 1. The van der Waals surface area contributed by atoms with E-state index in [-0.39, 0.29) is 5.13 Å². The number of rotatable bonds is 2. The Balaban J connectivity index is 2.48. The molecule has 1 N–H and O–H groups in total. The van der Waals surface area contributed by atoms with Gasteiger partial charge in [-0.05, 0) is 0 Å². The van der Waals surface area contributed by atoms with Crippen LogP contribution in [-0.4, -0.2) is 10.9 Å². The molecule has 1 aromatic heterocycles. The molecule has 19 heavy (non-hydrogen) atoms. The van der Waals surface area contributed by atoms with Gasteiger partial charge in [0.15, 0.2) is 28.4 Å². The molecule has 0 bridgehead atoms. The van der Waals surface area contributed by atoms with Crippen LogP contribution < -0.4 is 5.32 Å². The Kier molecular flexibility index (Phi) is 3.47. The first-order valence-corrected chi connectivity index (χ1v) is 5.53. The second-order valence-corrected chi connectivity index (χ2v) is 4.13. The van der Waals surface area contributed by atoms with Gasteiger partial charge in [-0.1, -0.05) is 0 Å². The van der Waals surface area contributed by atoms with Gasteiger partial charge in [0.1, 0.15) is 5.56 Å². The van der Waals surface area contributed by atoms with Gasteiger partial charge in [-0.2, -0.15) is 0 Å². The first-order valence-electron chi connectivity index (χ1n) is 4.65. The molecule has 0 aliphatic carbocycles. The minimum Gasteiger partial charge on any atom is -0.298 e. The number of thiazole rings is 1. The molecule has 0 aliphatic heterocycles. The highest BCUT2D eigenvalue weighted by Crippen LogP contribution is 2.24. The van der Waals surface area contributed by atoms with Gasteiger partial charge in [0.2, 0.25) is 5.82 Å². The molecule has 0 saturated heterocycles. The van der Waals surface area contributed by atoms with Crippen LogP contribution in [0.3, 0.4) is 0 Å². The van der Waals surface area contributed by atoms with Crippen molar-refractivity contribution in [3.05, 3.63) is 46.2 Å². The Bertz CT molecular complexity index is 615. The zero-order chi connectivity index (χ0) is 14.2. The fraction of sp³-hybridized carbons (Fsp3) is 0. The van der Waals surface area contributed by atoms with Crippen LogP contribution in [0, 0.1) is 29.1 Å². The standard InChI is InChI=1S/C10H3F5N2OS/c11-4-3(5(12)7(14)8(15)6(4)13)9(18)17-10-16-1-2-19-10/h1-2H,(H,16,17,18). The fourth-order valence-corrected chi connectivity index (χ4v) is 1.77. The summed E-state index contributed by atoms with van der Waals surface area (Å²) in [4.78, 5) is 15.1. The molecular formula is C10H3F5N2OS. The number of nitrogens with zero attached hydrogens (tertiary/aromatic N) is 1. The first-order chi connectivity index (χ1) is 8.93. The van der Waals surface area contributed by atoms with Crippen molar-refractivity contribution in [2.24, 2.45) is 0 Å². The Hall–Kier alpha value is -2.03. The van der Waals surface area contributed by atoms with Crippen LogP contribution in [0.2, 0.25) is 0 Å². The van der Waals surface area contributed by atoms with Crippen molar-refractivity contribution in [3.8, 4) is 0 Å². The normalized spacial score (nSPS) is 10.6. The zero-order valence-electron chi connectivity index (χ0n) is 8.81. The third-order valence-corrected chi connectivity index (χ3v) is 2.78. The lowest BCUT2D eigenvalue weighted by atomic mass is 10.1. The average molecular weight is 294 g/mol. The molecule has 1 heterocycles. The molecule has 100 valence electrons. The Morgan fingerprint density at radius 1 is 1.00 bits per heavy atom. The van der Waals surface area contributed by atoms with E-state index in [9.17, 15) is 26.7 Å². The van der Waals surface area contributed by atoms with Gasteiger partial charge >= 0.3 is 0 Å². The molecular weight excluding hydrogens is 291 g/mol. The van der Waals surface area contributed by atoms with Gasteiger partial charge in [0.25, 0.3) is 5.91 Å². The van der Waals surface area contributed by atoms with Crippen LogP contribution in [0.15, 0.2) is 11.6 Å². The van der Waals surface area contributed by atoms with Gasteiger partial charge in [0.05, 0.1) is 0 Å². The maximum Gasteiger partial charge on any atom is 0.263 e. The number of aromatic nitrogens is 1. The number of amides is 1. The maximum absolute atomic E-state index is 13.3. The second kappa shape index (κ2) is 4.92. The Labute approximate surface area is 106 Å². The van der Waals surface area contributed by atoms with Gasteiger partial charge in [-0.25, -0.2) is 26.9 Å². The van der Waals surface area contributed by atoms with Gasteiger partial charge in [0, 0.05) is 11.6 Å². The maximum atomic E-state index is 13.3. The van der Waals surface area contributed by atoms with Crippen LogP contribution in [-0.2, 0) is 0 Å². The van der Waals surface area contributed by atoms with E-state index in [0.717, 1.165) is 11.3 Å². The summed E-state index contributed by atoms with van der Waals surface area (Å²) < 4.78 is 65.1. The zero-order valence-corrected chi connectivity index (χ0v) is 9.62. The topological polar surface area (TPSA) is 42.0 Å². The molecule has 0 aliphatic rings. The van der Waals surface area contributed by atoms with Crippen molar-refractivity contribution >= 4 is 22.4 Å². The van der Waals surface area contributed by atoms with E-state index in [1.165, 1.54) is 11.6 Å². The summed E-state index contributed by atoms with van der Waals surface area (Å²) in [6.45, 7) is 0. The van der Waals surface area contributed by atoms with Crippen molar-refractivity contribution in [2.75, 3.05) is 5.32 Å². The van der Waals surface area contributed by atoms with E-state index in [0.29, 0.717) is 0 Å². The fourth-order valence-electron chi connectivity index (χ4n) is 1.25. The molecule has 0 spiro atoms. The molecule has 0 unspecified atom stereocenters. The summed E-state index contributed by atoms with van der Waals surface area (Å²) in [5.41, 5.74) is -1.55. The van der Waals surface area contributed by atoms with Crippen molar-refractivity contribution in [2.45, 2.75) is 0 Å². The summed E-state index contributed by atoms with van der Waals surface area (Å²) >= 11 is 0.920. The lowest BCUT2D eigenvalue weighted by Gasteiger charge is -2.07. The lowest BCUT2D eigenvalue weighted by molar-refractivity contribution is 0.101. The number of hydrogen-bond acceptors (Lipinski definition) is 3. The van der Waals surface area contributed by atoms with E-state index in [4.69, 9.17) is 0 Å². The molecule has 1 aromatic carbocycles. The molecule has 3 nitrogen and oxygen atoms in total. The van der Waals surface area contributed by atoms with E-state index in [1.54, 1.807) is 0 Å². The predicted molar refractivity (Wildman–Crippen MR) is 56.3 cm³/mol. The number of nitrogens with one attached hydrogen (secondary N) is 1.